The maximum Gasteiger partial charge on any atom is 0.306 e. The van der Waals surface area contributed by atoms with Crippen LogP contribution in [0.25, 0.3) is 10.6 Å². The molecule has 0 amide bonds. The Balaban J connectivity index is 2.07. The first-order valence-electron chi connectivity index (χ1n) is 6.58. The summed E-state index contributed by atoms with van der Waals surface area (Å²) >= 11 is 1.45. The van der Waals surface area contributed by atoms with E-state index in [9.17, 15) is 9.18 Å². The molecule has 0 saturated carbocycles. The average Bonchev–Trinajstić information content (AvgIpc) is 2.95. The summed E-state index contributed by atoms with van der Waals surface area (Å²) in [5.41, 5.74) is 1.62. The molecule has 0 atom stereocenters. The van der Waals surface area contributed by atoms with Crippen LogP contribution in [-0.4, -0.2) is 24.7 Å². The van der Waals surface area contributed by atoms with E-state index in [0.717, 1.165) is 16.3 Å². The summed E-state index contributed by atoms with van der Waals surface area (Å²) in [4.78, 5) is 15.8. The topological polar surface area (TPSA) is 48.4 Å². The maximum atomic E-state index is 13.4. The lowest BCUT2D eigenvalue weighted by Gasteiger charge is -2.03. The normalized spacial score (nSPS) is 10.4. The molecule has 0 unspecified atom stereocenters. The fraction of sp³-hybridized carbons (Fsp3) is 0.333. The van der Waals surface area contributed by atoms with Crippen LogP contribution in [0, 0.1) is 5.82 Å². The number of hydrogen-bond donors (Lipinski definition) is 0. The van der Waals surface area contributed by atoms with Gasteiger partial charge in [-0.2, -0.15) is 0 Å². The predicted octanol–water partition coefficient (Wildman–Crippen LogP) is 3.45. The number of thiazole rings is 1. The number of carbonyl (C=O) groups excluding carboxylic acids is 1. The molecule has 1 aromatic heterocycles. The molecule has 1 aromatic carbocycles. The van der Waals surface area contributed by atoms with Crippen LogP contribution in [0.5, 0.6) is 5.75 Å². The minimum atomic E-state index is -0.402. The van der Waals surface area contributed by atoms with Crippen molar-refractivity contribution in [1.29, 1.82) is 0 Å². The van der Waals surface area contributed by atoms with Crippen molar-refractivity contribution in [2.75, 3.05) is 13.7 Å². The average molecular weight is 309 g/mol. The number of halogens is 1. The Morgan fingerprint density at radius 3 is 2.95 bits per heavy atom. The highest BCUT2D eigenvalue weighted by atomic mass is 32.1. The van der Waals surface area contributed by atoms with Gasteiger partial charge >= 0.3 is 5.97 Å². The molecule has 21 heavy (non-hydrogen) atoms. The summed E-state index contributed by atoms with van der Waals surface area (Å²) in [6.45, 7) is 2.16. The molecule has 2 aromatic rings. The van der Waals surface area contributed by atoms with Gasteiger partial charge in [0.1, 0.15) is 5.01 Å². The van der Waals surface area contributed by atoms with Crippen molar-refractivity contribution in [3.63, 3.8) is 0 Å². The van der Waals surface area contributed by atoms with E-state index in [1.54, 1.807) is 19.1 Å². The molecule has 0 aliphatic heterocycles. The number of esters is 1. The number of nitrogens with zero attached hydrogens (tertiary/aromatic N) is 1. The van der Waals surface area contributed by atoms with Gasteiger partial charge in [0.15, 0.2) is 11.6 Å². The second-order valence-electron chi connectivity index (χ2n) is 4.30. The van der Waals surface area contributed by atoms with Crippen molar-refractivity contribution in [2.24, 2.45) is 0 Å². The SMILES string of the molecule is CCOC(=O)CCc1csc(-c2ccc(F)c(OC)c2)n1. The summed E-state index contributed by atoms with van der Waals surface area (Å²) in [7, 11) is 1.43. The van der Waals surface area contributed by atoms with E-state index >= 15 is 0 Å². The monoisotopic (exact) mass is 309 g/mol. The van der Waals surface area contributed by atoms with Crippen molar-refractivity contribution >= 4 is 17.3 Å². The van der Waals surface area contributed by atoms with Crippen LogP contribution in [0.1, 0.15) is 19.0 Å². The van der Waals surface area contributed by atoms with E-state index in [1.165, 1.54) is 24.5 Å². The lowest BCUT2D eigenvalue weighted by molar-refractivity contribution is -0.143. The van der Waals surface area contributed by atoms with Gasteiger partial charge in [0, 0.05) is 17.4 Å². The highest BCUT2D eigenvalue weighted by Crippen LogP contribution is 2.29. The zero-order valence-corrected chi connectivity index (χ0v) is 12.7. The van der Waals surface area contributed by atoms with Gasteiger partial charge in [-0.15, -0.1) is 11.3 Å². The third-order valence-corrected chi connectivity index (χ3v) is 3.78. The first-order valence-corrected chi connectivity index (χ1v) is 7.46. The van der Waals surface area contributed by atoms with E-state index in [-0.39, 0.29) is 11.7 Å². The Kier molecular flexibility index (Phi) is 5.27. The number of methoxy groups -OCH3 is 1. The van der Waals surface area contributed by atoms with Crippen LogP contribution in [0.2, 0.25) is 0 Å². The Bertz CT molecular complexity index is 627. The molecule has 0 fully saturated rings. The van der Waals surface area contributed by atoms with E-state index in [2.05, 4.69) is 4.98 Å². The number of aryl methyl sites for hydroxylation is 1. The van der Waals surface area contributed by atoms with Crippen LogP contribution in [0.4, 0.5) is 4.39 Å². The largest absolute Gasteiger partial charge is 0.494 e. The van der Waals surface area contributed by atoms with Gasteiger partial charge in [0.25, 0.3) is 0 Å². The number of aromatic nitrogens is 1. The molecule has 6 heteroatoms. The fourth-order valence-corrected chi connectivity index (χ4v) is 2.66. The molecular formula is C15H16FNO3S. The highest BCUT2D eigenvalue weighted by Gasteiger charge is 2.10. The molecule has 0 N–H and O–H groups in total. The lowest BCUT2D eigenvalue weighted by Crippen LogP contribution is -2.05. The summed E-state index contributed by atoms with van der Waals surface area (Å²) in [5, 5.41) is 2.66. The number of ether oxygens (including phenoxy) is 2. The van der Waals surface area contributed by atoms with Crippen molar-refractivity contribution in [3.05, 3.63) is 35.1 Å². The zero-order chi connectivity index (χ0) is 15.2. The third kappa shape index (κ3) is 4.01. The quantitative estimate of drug-likeness (QED) is 0.767. The molecule has 0 spiro atoms. The number of carbonyl (C=O) groups is 1. The summed E-state index contributed by atoms with van der Waals surface area (Å²) in [6, 6.07) is 4.63. The molecule has 0 aliphatic carbocycles. The number of hydrogen-bond acceptors (Lipinski definition) is 5. The Labute approximate surface area is 126 Å². The van der Waals surface area contributed by atoms with Gasteiger partial charge in [0.05, 0.1) is 25.8 Å². The van der Waals surface area contributed by atoms with Gasteiger partial charge in [-0.1, -0.05) is 0 Å². The number of benzene rings is 1. The predicted molar refractivity (Wildman–Crippen MR) is 79.0 cm³/mol. The standard InChI is InChI=1S/C15H16FNO3S/c1-3-20-14(18)7-5-11-9-21-15(17-11)10-4-6-12(16)13(8-10)19-2/h4,6,8-9H,3,5,7H2,1-2H3. The van der Waals surface area contributed by atoms with Gasteiger partial charge in [-0.05, 0) is 25.1 Å². The van der Waals surface area contributed by atoms with E-state index in [4.69, 9.17) is 9.47 Å². The van der Waals surface area contributed by atoms with Crippen LogP contribution < -0.4 is 4.74 Å². The van der Waals surface area contributed by atoms with Gasteiger partial charge in [0.2, 0.25) is 0 Å². The highest BCUT2D eigenvalue weighted by molar-refractivity contribution is 7.13. The van der Waals surface area contributed by atoms with Crippen LogP contribution in [0.3, 0.4) is 0 Å². The second-order valence-corrected chi connectivity index (χ2v) is 5.16. The minimum Gasteiger partial charge on any atom is -0.494 e. The lowest BCUT2D eigenvalue weighted by atomic mass is 10.2. The molecule has 2 rings (SSSR count). The maximum absolute atomic E-state index is 13.4. The molecular weight excluding hydrogens is 293 g/mol. The van der Waals surface area contributed by atoms with Crippen LogP contribution >= 0.6 is 11.3 Å². The van der Waals surface area contributed by atoms with Crippen LogP contribution in [-0.2, 0) is 16.0 Å². The molecule has 0 aliphatic rings. The summed E-state index contributed by atoms with van der Waals surface area (Å²) in [6.07, 6.45) is 0.845. The summed E-state index contributed by atoms with van der Waals surface area (Å²) < 4.78 is 23.2. The van der Waals surface area contributed by atoms with Crippen molar-refractivity contribution in [1.82, 2.24) is 4.98 Å². The molecule has 0 bridgehead atoms. The Hall–Kier alpha value is -1.95. The van der Waals surface area contributed by atoms with Crippen molar-refractivity contribution in [2.45, 2.75) is 19.8 Å². The van der Waals surface area contributed by atoms with E-state index in [1.807, 2.05) is 5.38 Å². The molecule has 0 radical (unpaired) electrons. The summed E-state index contributed by atoms with van der Waals surface area (Å²) in [5.74, 6) is -0.438. The first kappa shape index (κ1) is 15.4. The van der Waals surface area contributed by atoms with E-state index in [0.29, 0.717) is 19.4 Å². The molecule has 4 nitrogen and oxygen atoms in total. The van der Waals surface area contributed by atoms with Crippen molar-refractivity contribution in [3.8, 4) is 16.3 Å². The molecule has 1 heterocycles. The number of rotatable bonds is 6. The van der Waals surface area contributed by atoms with Gasteiger partial charge < -0.3 is 9.47 Å². The Morgan fingerprint density at radius 2 is 2.24 bits per heavy atom. The smallest absolute Gasteiger partial charge is 0.306 e. The second kappa shape index (κ2) is 7.17. The fourth-order valence-electron chi connectivity index (χ4n) is 1.81. The molecule has 0 saturated heterocycles. The minimum absolute atomic E-state index is 0.191. The third-order valence-electron chi connectivity index (χ3n) is 2.84. The Morgan fingerprint density at radius 1 is 1.43 bits per heavy atom. The molecule has 112 valence electrons. The van der Waals surface area contributed by atoms with E-state index < -0.39 is 5.82 Å². The van der Waals surface area contributed by atoms with Gasteiger partial charge in [-0.3, -0.25) is 4.79 Å². The van der Waals surface area contributed by atoms with Gasteiger partial charge in [-0.25, -0.2) is 9.37 Å². The van der Waals surface area contributed by atoms with Crippen LogP contribution in [0.15, 0.2) is 23.6 Å². The zero-order valence-electron chi connectivity index (χ0n) is 11.9. The van der Waals surface area contributed by atoms with Crippen molar-refractivity contribution < 1.29 is 18.7 Å². The first-order chi connectivity index (χ1) is 10.1.